The largest absolute Gasteiger partial charge is 0.454 e. The van der Waals surface area contributed by atoms with Crippen LogP contribution in [0.5, 0.6) is 0 Å². The highest BCUT2D eigenvalue weighted by atomic mass is 19.4. The van der Waals surface area contributed by atoms with Crippen LogP contribution in [-0.2, 0) is 10.5 Å². The van der Waals surface area contributed by atoms with Crippen LogP contribution >= 0.6 is 0 Å². The van der Waals surface area contributed by atoms with Gasteiger partial charge in [-0.1, -0.05) is 42.5 Å². The monoisotopic (exact) mass is 418 g/mol. The van der Waals surface area contributed by atoms with Crippen LogP contribution in [0.15, 0.2) is 83.9 Å². The first-order valence-electron chi connectivity index (χ1n) is 9.32. The highest BCUT2D eigenvalue weighted by Crippen LogP contribution is 2.49. The van der Waals surface area contributed by atoms with Gasteiger partial charge in [-0.2, -0.15) is 23.4 Å². The van der Waals surface area contributed by atoms with Crippen LogP contribution in [0.3, 0.4) is 0 Å². The van der Waals surface area contributed by atoms with Crippen molar-refractivity contribution in [1.29, 1.82) is 5.26 Å². The third kappa shape index (κ3) is 2.78. The summed E-state index contributed by atoms with van der Waals surface area (Å²) in [5.74, 6) is -0.346. The fourth-order valence-electron chi connectivity index (χ4n) is 3.71. The van der Waals surface area contributed by atoms with Crippen LogP contribution in [0.25, 0.3) is 11.0 Å². The minimum Gasteiger partial charge on any atom is -0.436 e. The maximum absolute atomic E-state index is 14.9. The summed E-state index contributed by atoms with van der Waals surface area (Å²) in [6, 6.07) is 21.9. The van der Waals surface area contributed by atoms with Crippen molar-refractivity contribution in [2.45, 2.75) is 11.9 Å². The maximum atomic E-state index is 14.9. The minimum atomic E-state index is -4.85. The second kappa shape index (κ2) is 6.71. The van der Waals surface area contributed by atoms with E-state index < -0.39 is 11.9 Å². The predicted molar refractivity (Wildman–Crippen MR) is 108 cm³/mol. The quantitative estimate of drug-likeness (QED) is 0.445. The average molecular weight is 418 g/mol. The van der Waals surface area contributed by atoms with E-state index in [2.05, 4.69) is 9.98 Å². The van der Waals surface area contributed by atoms with E-state index in [1.165, 1.54) is 48.5 Å². The molecule has 0 spiro atoms. The number of nitrogens with zero attached hydrogens (tertiary/aromatic N) is 4. The SMILES string of the molecule is N#Cc1ccc(C2=Nc3nc4ccccc4n3[C@](c3ccccc3)(C(F)(F)F)O2)cc1. The van der Waals surface area contributed by atoms with E-state index in [1.807, 2.05) is 6.07 Å². The van der Waals surface area contributed by atoms with E-state index in [4.69, 9.17) is 10.00 Å². The number of ether oxygens (including phenoxy) is 1. The summed E-state index contributed by atoms with van der Waals surface area (Å²) in [6.45, 7) is 0. The number of aromatic nitrogens is 2. The smallest absolute Gasteiger partial charge is 0.436 e. The molecule has 5 nitrogen and oxygen atoms in total. The van der Waals surface area contributed by atoms with Gasteiger partial charge in [0.1, 0.15) is 0 Å². The summed E-state index contributed by atoms with van der Waals surface area (Å²) in [7, 11) is 0. The van der Waals surface area contributed by atoms with Crippen molar-refractivity contribution in [3.05, 3.63) is 95.6 Å². The molecule has 0 fully saturated rings. The number of para-hydroxylation sites is 2. The van der Waals surface area contributed by atoms with E-state index in [9.17, 15) is 13.2 Å². The van der Waals surface area contributed by atoms with Crippen molar-refractivity contribution in [3.63, 3.8) is 0 Å². The third-order valence-electron chi connectivity index (χ3n) is 5.11. The number of hydrogen-bond acceptors (Lipinski definition) is 4. The molecule has 152 valence electrons. The van der Waals surface area contributed by atoms with E-state index >= 15 is 0 Å². The Kier molecular flexibility index (Phi) is 4.08. The Morgan fingerprint density at radius 2 is 1.58 bits per heavy atom. The summed E-state index contributed by atoms with van der Waals surface area (Å²) in [4.78, 5) is 8.65. The molecule has 5 rings (SSSR count). The zero-order chi connectivity index (χ0) is 21.6. The van der Waals surface area contributed by atoms with Crippen LogP contribution < -0.4 is 0 Å². The number of halogens is 3. The van der Waals surface area contributed by atoms with E-state index in [-0.39, 0.29) is 22.9 Å². The van der Waals surface area contributed by atoms with Crippen LogP contribution in [0.2, 0.25) is 0 Å². The first kappa shape index (κ1) is 18.9. The number of alkyl halides is 3. The van der Waals surface area contributed by atoms with Crippen molar-refractivity contribution in [3.8, 4) is 6.07 Å². The lowest BCUT2D eigenvalue weighted by Crippen LogP contribution is -2.53. The number of fused-ring (bicyclic) bond motifs is 3. The van der Waals surface area contributed by atoms with Crippen LogP contribution in [-0.4, -0.2) is 21.6 Å². The lowest BCUT2D eigenvalue weighted by atomic mass is 10.00. The van der Waals surface area contributed by atoms with Crippen LogP contribution in [0.4, 0.5) is 19.1 Å². The van der Waals surface area contributed by atoms with Crippen molar-refractivity contribution >= 4 is 22.9 Å². The van der Waals surface area contributed by atoms with E-state index in [1.54, 1.807) is 30.3 Å². The molecule has 0 radical (unpaired) electrons. The Balaban J connectivity index is 1.85. The molecule has 8 heteroatoms. The molecule has 0 bridgehead atoms. The van der Waals surface area contributed by atoms with Crippen molar-refractivity contribution < 1.29 is 17.9 Å². The molecule has 0 saturated heterocycles. The fourth-order valence-corrected chi connectivity index (χ4v) is 3.71. The first-order valence-corrected chi connectivity index (χ1v) is 9.32. The third-order valence-corrected chi connectivity index (χ3v) is 5.11. The number of hydrogen-bond donors (Lipinski definition) is 0. The zero-order valence-corrected chi connectivity index (χ0v) is 15.8. The Hall–Kier alpha value is -4.12. The van der Waals surface area contributed by atoms with Crippen molar-refractivity contribution in [2.24, 2.45) is 4.99 Å². The molecular weight excluding hydrogens is 405 g/mol. The topological polar surface area (TPSA) is 63.2 Å². The molecule has 0 unspecified atom stereocenters. The number of imidazole rings is 1. The molecule has 3 aromatic carbocycles. The number of benzene rings is 3. The van der Waals surface area contributed by atoms with Gasteiger partial charge in [0.15, 0.2) is 0 Å². The molecule has 1 aliphatic heterocycles. The van der Waals surface area contributed by atoms with Gasteiger partial charge in [-0.3, -0.25) is 4.57 Å². The Morgan fingerprint density at radius 3 is 2.26 bits per heavy atom. The molecule has 1 aromatic heterocycles. The molecular formula is C23H13F3N4O. The molecule has 2 heterocycles. The predicted octanol–water partition coefficient (Wildman–Crippen LogP) is 5.28. The summed E-state index contributed by atoms with van der Waals surface area (Å²) in [6.07, 6.45) is -4.85. The molecule has 0 N–H and O–H groups in total. The lowest BCUT2D eigenvalue weighted by molar-refractivity contribution is -0.271. The number of aliphatic imine (C=N–C) groups is 1. The van der Waals surface area contributed by atoms with Gasteiger partial charge >= 0.3 is 11.9 Å². The van der Waals surface area contributed by atoms with Gasteiger partial charge < -0.3 is 4.74 Å². The van der Waals surface area contributed by atoms with Gasteiger partial charge in [0, 0.05) is 11.1 Å². The molecule has 0 saturated carbocycles. The van der Waals surface area contributed by atoms with Gasteiger partial charge in [0.25, 0.3) is 0 Å². The summed E-state index contributed by atoms with van der Waals surface area (Å²) >= 11 is 0. The van der Waals surface area contributed by atoms with Gasteiger partial charge in [0.05, 0.1) is 22.7 Å². The summed E-state index contributed by atoms with van der Waals surface area (Å²) < 4.78 is 51.4. The molecule has 1 atom stereocenters. The minimum absolute atomic E-state index is 0.104. The molecule has 0 aliphatic carbocycles. The van der Waals surface area contributed by atoms with Crippen molar-refractivity contribution in [1.82, 2.24) is 9.55 Å². The van der Waals surface area contributed by atoms with Gasteiger partial charge in [-0.25, -0.2) is 4.98 Å². The van der Waals surface area contributed by atoms with Gasteiger partial charge in [0.2, 0.25) is 11.8 Å². The van der Waals surface area contributed by atoms with Crippen molar-refractivity contribution in [2.75, 3.05) is 0 Å². The molecule has 31 heavy (non-hydrogen) atoms. The molecule has 1 aliphatic rings. The van der Waals surface area contributed by atoms with E-state index in [0.29, 0.717) is 16.6 Å². The maximum Gasteiger partial charge on any atom is 0.454 e. The highest BCUT2D eigenvalue weighted by molar-refractivity contribution is 5.97. The average Bonchev–Trinajstić information content (AvgIpc) is 3.17. The van der Waals surface area contributed by atoms with Crippen LogP contribution in [0, 0.1) is 11.3 Å². The van der Waals surface area contributed by atoms with Gasteiger partial charge in [-0.05, 0) is 36.4 Å². The zero-order valence-electron chi connectivity index (χ0n) is 15.8. The fraction of sp³-hybridized carbons (Fsp3) is 0.0870. The Labute approximate surface area is 174 Å². The number of nitriles is 1. The molecule has 4 aromatic rings. The van der Waals surface area contributed by atoms with Crippen LogP contribution in [0.1, 0.15) is 16.7 Å². The second-order valence-corrected chi connectivity index (χ2v) is 6.95. The Morgan fingerprint density at radius 1 is 0.903 bits per heavy atom. The molecule has 0 amide bonds. The first-order chi connectivity index (χ1) is 14.9. The summed E-state index contributed by atoms with van der Waals surface area (Å²) in [5, 5.41) is 9.01. The standard InChI is InChI=1S/C23H13F3N4O/c24-23(25,26)22(17-6-2-1-3-7-17)30-19-9-5-4-8-18(19)28-21(30)29-20(31-22)16-12-10-15(14-27)11-13-16/h1-13H/t22-/m0/s1. The second-order valence-electron chi connectivity index (χ2n) is 6.95. The van der Waals surface area contributed by atoms with Gasteiger partial charge in [-0.15, -0.1) is 0 Å². The Bertz CT molecular complexity index is 1350. The number of rotatable bonds is 2. The van der Waals surface area contributed by atoms with E-state index in [0.717, 1.165) is 4.57 Å². The lowest BCUT2D eigenvalue weighted by Gasteiger charge is -2.40. The highest BCUT2D eigenvalue weighted by Gasteiger charge is 2.63. The summed E-state index contributed by atoms with van der Waals surface area (Å²) in [5.41, 5.74) is -1.67. The normalized spacial score (nSPS) is 18.1.